The lowest BCUT2D eigenvalue weighted by atomic mass is 9.97. The number of hydrogen-bond acceptors (Lipinski definition) is 2. The van der Waals surface area contributed by atoms with Crippen molar-refractivity contribution in [2.45, 2.75) is 13.8 Å². The summed E-state index contributed by atoms with van der Waals surface area (Å²) in [6, 6.07) is 30.0. The summed E-state index contributed by atoms with van der Waals surface area (Å²) in [5.74, 6) is -0.211. The van der Waals surface area contributed by atoms with Gasteiger partial charge in [0.25, 0.3) is 0 Å². The summed E-state index contributed by atoms with van der Waals surface area (Å²) in [6.07, 6.45) is 0. The Balaban J connectivity index is 0.000000322. The second kappa shape index (κ2) is 8.23. The van der Waals surface area contributed by atoms with Crippen molar-refractivity contribution in [2.75, 3.05) is 6.61 Å². The highest BCUT2D eigenvalue weighted by Gasteiger charge is 2.16. The Morgan fingerprint density at radius 3 is 1.97 bits per heavy atom. The SMILES string of the molecule is CCOC(C)=O.c1ccc(-c2cc3[nH]c4ccccc4c3c3[nH]c4ccccc4c23)cc1. The molecule has 4 heteroatoms. The molecule has 2 aromatic heterocycles. The van der Waals surface area contributed by atoms with Crippen molar-refractivity contribution in [3.8, 4) is 11.1 Å². The number of aromatic nitrogens is 2. The zero-order valence-corrected chi connectivity index (χ0v) is 18.1. The van der Waals surface area contributed by atoms with E-state index in [2.05, 4.69) is 99.6 Å². The molecule has 0 radical (unpaired) electrons. The maximum atomic E-state index is 9.82. The number of ether oxygens (including phenoxy) is 1. The highest BCUT2D eigenvalue weighted by atomic mass is 16.5. The van der Waals surface area contributed by atoms with E-state index >= 15 is 0 Å². The number of aromatic amines is 2. The number of hydrogen-bond donors (Lipinski definition) is 2. The molecule has 32 heavy (non-hydrogen) atoms. The quantitative estimate of drug-likeness (QED) is 0.291. The van der Waals surface area contributed by atoms with E-state index in [9.17, 15) is 4.79 Å². The summed E-state index contributed by atoms with van der Waals surface area (Å²) < 4.78 is 4.40. The van der Waals surface area contributed by atoms with E-state index in [1.807, 2.05) is 0 Å². The standard InChI is InChI=1S/C24H16N2.C4H8O2/c1-2-8-15(9-3-1)18-14-21-23(17-11-5-6-12-19(17)25-21)24-22(18)16-10-4-7-13-20(16)26-24;1-3-6-4(2)5/h1-14,25-26H;3H2,1-2H3. The maximum Gasteiger partial charge on any atom is 0.302 e. The number of nitrogens with one attached hydrogen (secondary N) is 2. The minimum absolute atomic E-state index is 0.211. The van der Waals surface area contributed by atoms with Crippen LogP contribution < -0.4 is 0 Å². The van der Waals surface area contributed by atoms with Crippen LogP contribution in [0, 0.1) is 0 Å². The molecule has 0 aliphatic carbocycles. The number of carbonyl (C=O) groups excluding carboxylic acids is 1. The molecule has 4 aromatic carbocycles. The Hall–Kier alpha value is -4.05. The van der Waals surface area contributed by atoms with E-state index in [0.29, 0.717) is 6.61 Å². The second-order valence-electron chi connectivity index (χ2n) is 7.73. The molecule has 2 N–H and O–H groups in total. The molecule has 4 nitrogen and oxygen atoms in total. The highest BCUT2D eigenvalue weighted by Crippen LogP contribution is 2.41. The van der Waals surface area contributed by atoms with Crippen LogP contribution in [-0.4, -0.2) is 22.5 Å². The number of esters is 1. The third-order valence-electron chi connectivity index (χ3n) is 5.68. The van der Waals surface area contributed by atoms with Crippen molar-refractivity contribution < 1.29 is 9.53 Å². The number of fused-ring (bicyclic) bond motifs is 7. The van der Waals surface area contributed by atoms with E-state index in [-0.39, 0.29) is 5.97 Å². The first-order chi connectivity index (χ1) is 15.7. The van der Waals surface area contributed by atoms with Gasteiger partial charge in [0.2, 0.25) is 0 Å². The van der Waals surface area contributed by atoms with Gasteiger partial charge in [0.15, 0.2) is 0 Å². The molecule has 0 spiro atoms. The smallest absolute Gasteiger partial charge is 0.302 e. The number of rotatable bonds is 2. The monoisotopic (exact) mass is 420 g/mol. The minimum Gasteiger partial charge on any atom is -0.466 e. The Bertz CT molecular complexity index is 1560. The van der Waals surface area contributed by atoms with Gasteiger partial charge in [-0.3, -0.25) is 4.79 Å². The van der Waals surface area contributed by atoms with Crippen LogP contribution in [0.4, 0.5) is 0 Å². The molecule has 2 heterocycles. The summed E-state index contributed by atoms with van der Waals surface area (Å²) >= 11 is 0. The number of benzene rings is 4. The van der Waals surface area contributed by atoms with Gasteiger partial charge in [-0.15, -0.1) is 0 Å². The van der Waals surface area contributed by atoms with Crippen LogP contribution in [0.3, 0.4) is 0 Å². The van der Waals surface area contributed by atoms with Crippen molar-refractivity contribution in [3.63, 3.8) is 0 Å². The normalized spacial score (nSPS) is 11.1. The first kappa shape index (κ1) is 19.9. The van der Waals surface area contributed by atoms with Crippen molar-refractivity contribution in [2.24, 2.45) is 0 Å². The van der Waals surface area contributed by atoms with E-state index in [1.54, 1.807) is 6.92 Å². The number of carbonyl (C=O) groups is 1. The van der Waals surface area contributed by atoms with Crippen molar-refractivity contribution in [3.05, 3.63) is 84.9 Å². The van der Waals surface area contributed by atoms with Gasteiger partial charge in [-0.05, 0) is 36.2 Å². The van der Waals surface area contributed by atoms with Gasteiger partial charge in [0.05, 0.1) is 12.1 Å². The molecule has 0 unspecified atom stereocenters. The molecule has 0 atom stereocenters. The Labute approximate surface area is 185 Å². The van der Waals surface area contributed by atoms with Gasteiger partial charge < -0.3 is 14.7 Å². The number of para-hydroxylation sites is 2. The summed E-state index contributed by atoms with van der Waals surface area (Å²) in [6.45, 7) is 3.65. The predicted molar refractivity (Wildman–Crippen MR) is 133 cm³/mol. The minimum atomic E-state index is -0.211. The van der Waals surface area contributed by atoms with Gasteiger partial charge in [-0.2, -0.15) is 0 Å². The van der Waals surface area contributed by atoms with Crippen LogP contribution >= 0.6 is 0 Å². The fourth-order valence-electron chi connectivity index (χ4n) is 4.41. The van der Waals surface area contributed by atoms with E-state index in [1.165, 1.54) is 61.7 Å². The van der Waals surface area contributed by atoms with Crippen LogP contribution in [0.2, 0.25) is 0 Å². The second-order valence-corrected chi connectivity index (χ2v) is 7.73. The lowest BCUT2D eigenvalue weighted by Crippen LogP contribution is -1.95. The first-order valence-corrected chi connectivity index (χ1v) is 10.8. The Kier molecular flexibility index (Phi) is 5.12. The molecular formula is C28H24N2O2. The van der Waals surface area contributed by atoms with E-state index < -0.39 is 0 Å². The van der Waals surface area contributed by atoms with E-state index in [0.717, 1.165) is 0 Å². The molecular weight excluding hydrogens is 396 g/mol. The largest absolute Gasteiger partial charge is 0.466 e. The van der Waals surface area contributed by atoms with Crippen LogP contribution in [0.25, 0.3) is 54.7 Å². The maximum absolute atomic E-state index is 9.82. The Morgan fingerprint density at radius 1 is 0.750 bits per heavy atom. The van der Waals surface area contributed by atoms with Crippen molar-refractivity contribution in [1.29, 1.82) is 0 Å². The van der Waals surface area contributed by atoms with Gasteiger partial charge in [0, 0.05) is 45.0 Å². The van der Waals surface area contributed by atoms with Gasteiger partial charge in [-0.25, -0.2) is 0 Å². The van der Waals surface area contributed by atoms with Crippen molar-refractivity contribution in [1.82, 2.24) is 9.97 Å². The molecule has 6 rings (SSSR count). The molecule has 0 saturated carbocycles. The molecule has 0 aliphatic rings. The van der Waals surface area contributed by atoms with Crippen molar-refractivity contribution >= 4 is 49.6 Å². The zero-order chi connectivity index (χ0) is 22.1. The predicted octanol–water partition coefficient (Wildman–Crippen LogP) is 7.19. The van der Waals surface area contributed by atoms with Crippen LogP contribution in [0.15, 0.2) is 84.9 Å². The summed E-state index contributed by atoms with van der Waals surface area (Å²) in [5, 5.41) is 5.10. The van der Waals surface area contributed by atoms with Gasteiger partial charge in [-0.1, -0.05) is 66.7 Å². The molecule has 6 aromatic rings. The zero-order valence-electron chi connectivity index (χ0n) is 18.1. The Morgan fingerprint density at radius 2 is 1.34 bits per heavy atom. The lowest BCUT2D eigenvalue weighted by molar-refractivity contribution is -0.140. The molecule has 158 valence electrons. The fourth-order valence-corrected chi connectivity index (χ4v) is 4.41. The van der Waals surface area contributed by atoms with E-state index in [4.69, 9.17) is 0 Å². The molecule has 0 saturated heterocycles. The summed E-state index contributed by atoms with van der Waals surface area (Å²) in [4.78, 5) is 17.1. The number of H-pyrrole nitrogens is 2. The first-order valence-electron chi connectivity index (χ1n) is 10.8. The third-order valence-corrected chi connectivity index (χ3v) is 5.68. The summed E-state index contributed by atoms with van der Waals surface area (Å²) in [7, 11) is 0. The van der Waals surface area contributed by atoms with Crippen LogP contribution in [-0.2, 0) is 9.53 Å². The third kappa shape index (κ3) is 3.40. The van der Waals surface area contributed by atoms with Crippen LogP contribution in [0.1, 0.15) is 13.8 Å². The highest BCUT2D eigenvalue weighted by molar-refractivity contribution is 6.28. The topological polar surface area (TPSA) is 57.9 Å². The average Bonchev–Trinajstić information content (AvgIpc) is 3.37. The lowest BCUT2D eigenvalue weighted by Gasteiger charge is -2.06. The summed E-state index contributed by atoms with van der Waals surface area (Å²) in [5.41, 5.74) is 7.23. The average molecular weight is 421 g/mol. The van der Waals surface area contributed by atoms with Gasteiger partial charge in [0.1, 0.15) is 0 Å². The fraction of sp³-hybridized carbons (Fsp3) is 0.107. The molecule has 0 aliphatic heterocycles. The van der Waals surface area contributed by atoms with Gasteiger partial charge >= 0.3 is 5.97 Å². The molecule has 0 bridgehead atoms. The molecule has 0 fully saturated rings. The van der Waals surface area contributed by atoms with Crippen LogP contribution in [0.5, 0.6) is 0 Å². The molecule has 0 amide bonds.